The van der Waals surface area contributed by atoms with E-state index in [2.05, 4.69) is 4.74 Å². The molecule has 82 valence electrons. The van der Waals surface area contributed by atoms with Gasteiger partial charge in [0, 0.05) is 0 Å². The summed E-state index contributed by atoms with van der Waals surface area (Å²) in [7, 11) is -3.17. The summed E-state index contributed by atoms with van der Waals surface area (Å²) in [6.45, 7) is 1.90. The van der Waals surface area contributed by atoms with Crippen LogP contribution in [0.15, 0.2) is 0 Å². The lowest BCUT2D eigenvalue weighted by Gasteiger charge is -2.18. The molecule has 0 saturated carbocycles. The fraction of sp³-hybridized carbons (Fsp3) is 0.875. The van der Waals surface area contributed by atoms with Gasteiger partial charge in [0.2, 0.25) is 0 Å². The lowest BCUT2D eigenvalue weighted by atomic mass is 10.00. The molecule has 0 spiro atoms. The van der Waals surface area contributed by atoms with Crippen molar-refractivity contribution in [1.82, 2.24) is 0 Å². The normalized spacial score (nSPS) is 30.1. The van der Waals surface area contributed by atoms with Gasteiger partial charge in [0.05, 0.1) is 30.1 Å². The SMILES string of the molecule is CCOC(=O)CC1(O)CCS(=O)(=O)C1. The Morgan fingerprint density at radius 2 is 2.21 bits per heavy atom. The molecule has 1 saturated heterocycles. The van der Waals surface area contributed by atoms with Crippen molar-refractivity contribution in [3.63, 3.8) is 0 Å². The van der Waals surface area contributed by atoms with Crippen LogP contribution in [0.1, 0.15) is 19.8 Å². The van der Waals surface area contributed by atoms with E-state index in [4.69, 9.17) is 0 Å². The molecule has 1 heterocycles. The largest absolute Gasteiger partial charge is 0.466 e. The summed E-state index contributed by atoms with van der Waals surface area (Å²) in [5, 5.41) is 9.74. The van der Waals surface area contributed by atoms with Gasteiger partial charge in [-0.1, -0.05) is 0 Å². The van der Waals surface area contributed by atoms with E-state index in [1.54, 1.807) is 6.92 Å². The van der Waals surface area contributed by atoms with Gasteiger partial charge >= 0.3 is 5.97 Å². The van der Waals surface area contributed by atoms with E-state index in [1.807, 2.05) is 0 Å². The maximum atomic E-state index is 11.1. The molecule has 0 aromatic rings. The summed E-state index contributed by atoms with van der Waals surface area (Å²) in [4.78, 5) is 11.0. The summed E-state index contributed by atoms with van der Waals surface area (Å²) in [6.07, 6.45) is -0.117. The minimum Gasteiger partial charge on any atom is -0.466 e. The van der Waals surface area contributed by atoms with Gasteiger partial charge in [-0.05, 0) is 13.3 Å². The number of hydrogen-bond acceptors (Lipinski definition) is 5. The van der Waals surface area contributed by atoms with E-state index in [1.165, 1.54) is 0 Å². The van der Waals surface area contributed by atoms with Gasteiger partial charge in [-0.2, -0.15) is 0 Å². The highest BCUT2D eigenvalue weighted by Crippen LogP contribution is 2.26. The fourth-order valence-electron chi connectivity index (χ4n) is 1.52. The second-order valence-electron chi connectivity index (χ2n) is 3.55. The Kier molecular flexibility index (Phi) is 3.16. The van der Waals surface area contributed by atoms with Crippen molar-refractivity contribution < 1.29 is 23.1 Å². The van der Waals surface area contributed by atoms with Crippen molar-refractivity contribution in [2.24, 2.45) is 0 Å². The molecule has 6 heteroatoms. The topological polar surface area (TPSA) is 80.7 Å². The number of carbonyl (C=O) groups excluding carboxylic acids is 1. The van der Waals surface area contributed by atoms with E-state index in [9.17, 15) is 18.3 Å². The summed E-state index contributed by atoms with van der Waals surface area (Å²) >= 11 is 0. The van der Waals surface area contributed by atoms with Crippen molar-refractivity contribution in [3.05, 3.63) is 0 Å². The third-order valence-corrected chi connectivity index (χ3v) is 3.95. The maximum absolute atomic E-state index is 11.1. The van der Waals surface area contributed by atoms with Crippen LogP contribution < -0.4 is 0 Å². The van der Waals surface area contributed by atoms with Gasteiger partial charge in [-0.3, -0.25) is 4.79 Å². The van der Waals surface area contributed by atoms with Gasteiger partial charge in [-0.15, -0.1) is 0 Å². The van der Waals surface area contributed by atoms with Crippen LogP contribution in [-0.4, -0.2) is 43.2 Å². The first kappa shape index (κ1) is 11.5. The van der Waals surface area contributed by atoms with Gasteiger partial charge in [-0.25, -0.2) is 8.42 Å². The van der Waals surface area contributed by atoms with Crippen LogP contribution in [0.3, 0.4) is 0 Å². The van der Waals surface area contributed by atoms with E-state index in [-0.39, 0.29) is 31.0 Å². The van der Waals surface area contributed by atoms with Crippen molar-refractivity contribution >= 4 is 15.8 Å². The average molecular weight is 222 g/mol. The quantitative estimate of drug-likeness (QED) is 0.650. The van der Waals surface area contributed by atoms with E-state index >= 15 is 0 Å². The minimum absolute atomic E-state index is 0.0527. The average Bonchev–Trinajstić information content (AvgIpc) is 2.25. The standard InChI is InChI=1S/C8H14O5S/c1-2-13-7(9)5-8(10)3-4-14(11,12)6-8/h10H,2-6H2,1H3. The van der Waals surface area contributed by atoms with E-state index in [0.29, 0.717) is 0 Å². The minimum atomic E-state index is -3.17. The monoisotopic (exact) mass is 222 g/mol. The molecule has 0 bridgehead atoms. The van der Waals surface area contributed by atoms with Crippen LogP contribution in [0.5, 0.6) is 0 Å². The smallest absolute Gasteiger partial charge is 0.308 e. The predicted molar refractivity (Wildman–Crippen MR) is 49.5 cm³/mol. The number of ether oxygens (including phenoxy) is 1. The van der Waals surface area contributed by atoms with Crippen LogP contribution in [0.4, 0.5) is 0 Å². The number of hydrogen-bond donors (Lipinski definition) is 1. The molecule has 1 aliphatic rings. The van der Waals surface area contributed by atoms with Gasteiger partial charge in [0.15, 0.2) is 9.84 Å². The molecule has 1 aliphatic heterocycles. The molecule has 0 aromatic carbocycles. The Morgan fingerprint density at radius 3 is 2.64 bits per heavy atom. The van der Waals surface area contributed by atoms with Crippen molar-refractivity contribution in [2.75, 3.05) is 18.1 Å². The summed E-state index contributed by atoms with van der Waals surface area (Å²) < 4.78 is 26.8. The van der Waals surface area contributed by atoms with Crippen LogP contribution in [-0.2, 0) is 19.4 Å². The highest BCUT2D eigenvalue weighted by Gasteiger charge is 2.42. The predicted octanol–water partition coefficient (Wildman–Crippen LogP) is -0.511. The number of esters is 1. The number of sulfone groups is 1. The molecule has 1 fully saturated rings. The summed E-state index contributed by atoms with van der Waals surface area (Å²) in [5.74, 6) is -0.936. The summed E-state index contributed by atoms with van der Waals surface area (Å²) in [6, 6.07) is 0. The Morgan fingerprint density at radius 1 is 1.57 bits per heavy atom. The molecule has 14 heavy (non-hydrogen) atoms. The Hall–Kier alpha value is -0.620. The first-order valence-electron chi connectivity index (χ1n) is 4.45. The van der Waals surface area contributed by atoms with Gasteiger partial charge in [0.1, 0.15) is 0 Å². The lowest BCUT2D eigenvalue weighted by Crippen LogP contribution is -2.33. The number of aliphatic hydroxyl groups is 1. The van der Waals surface area contributed by atoms with Crippen LogP contribution in [0.2, 0.25) is 0 Å². The number of rotatable bonds is 3. The van der Waals surface area contributed by atoms with Crippen LogP contribution >= 0.6 is 0 Å². The molecule has 1 unspecified atom stereocenters. The highest BCUT2D eigenvalue weighted by molar-refractivity contribution is 7.91. The van der Waals surface area contributed by atoms with Crippen molar-refractivity contribution in [1.29, 1.82) is 0 Å². The zero-order valence-corrected chi connectivity index (χ0v) is 8.84. The van der Waals surface area contributed by atoms with Crippen molar-refractivity contribution in [2.45, 2.75) is 25.4 Å². The molecule has 5 nitrogen and oxygen atoms in total. The third-order valence-electron chi connectivity index (χ3n) is 2.15. The molecule has 0 amide bonds. The third kappa shape index (κ3) is 2.95. The molecule has 0 aromatic heterocycles. The van der Waals surface area contributed by atoms with Crippen LogP contribution in [0, 0.1) is 0 Å². The van der Waals surface area contributed by atoms with Crippen LogP contribution in [0.25, 0.3) is 0 Å². The second-order valence-corrected chi connectivity index (χ2v) is 5.73. The molecule has 1 N–H and O–H groups in total. The first-order valence-corrected chi connectivity index (χ1v) is 6.27. The zero-order chi connectivity index (χ0) is 10.8. The Bertz CT molecular complexity index is 321. The summed E-state index contributed by atoms with van der Waals surface area (Å²) in [5.41, 5.74) is -1.41. The molecule has 0 aliphatic carbocycles. The second kappa shape index (κ2) is 3.86. The first-order chi connectivity index (χ1) is 6.37. The highest BCUT2D eigenvalue weighted by atomic mass is 32.2. The van der Waals surface area contributed by atoms with E-state index in [0.717, 1.165) is 0 Å². The van der Waals surface area contributed by atoms with E-state index < -0.39 is 21.4 Å². The molecular weight excluding hydrogens is 208 g/mol. The molecule has 1 rings (SSSR count). The molecule has 0 radical (unpaired) electrons. The van der Waals surface area contributed by atoms with Gasteiger partial charge < -0.3 is 9.84 Å². The molecule has 1 atom stereocenters. The lowest BCUT2D eigenvalue weighted by molar-refractivity contribution is -0.147. The number of carbonyl (C=O) groups is 1. The maximum Gasteiger partial charge on any atom is 0.308 e. The molecular formula is C8H14O5S. The Labute approximate surface area is 83.0 Å². The Balaban J connectivity index is 2.57. The fourth-order valence-corrected chi connectivity index (χ4v) is 3.42. The van der Waals surface area contributed by atoms with Gasteiger partial charge in [0.25, 0.3) is 0 Å². The van der Waals surface area contributed by atoms with Crippen molar-refractivity contribution in [3.8, 4) is 0 Å². The zero-order valence-electron chi connectivity index (χ0n) is 8.02.